The third-order valence-electron chi connectivity index (χ3n) is 3.05. The highest BCUT2D eigenvalue weighted by atomic mass is 15.1. The number of hydrogen-bond donors (Lipinski definition) is 1. The lowest BCUT2D eigenvalue weighted by Gasteiger charge is -2.27. The maximum Gasteiger partial charge on any atom is 0.0951 e. The number of aromatic nitrogens is 3. The lowest BCUT2D eigenvalue weighted by Crippen LogP contribution is -2.40. The van der Waals surface area contributed by atoms with E-state index in [4.69, 9.17) is 0 Å². The highest BCUT2D eigenvalue weighted by Crippen LogP contribution is 2.19. The van der Waals surface area contributed by atoms with Crippen LogP contribution in [-0.4, -0.2) is 27.6 Å². The van der Waals surface area contributed by atoms with Crippen molar-refractivity contribution in [3.05, 3.63) is 48.3 Å². The number of nitrogens with zero attached hydrogens (tertiary/aromatic N) is 3. The molecule has 1 N–H and O–H groups in total. The molecule has 3 heterocycles. The van der Waals surface area contributed by atoms with E-state index in [1.807, 2.05) is 37.1 Å². The molecule has 0 atom stereocenters. The van der Waals surface area contributed by atoms with Crippen LogP contribution in [0.4, 0.5) is 0 Å². The molecule has 4 heteroatoms. The molecule has 16 heavy (non-hydrogen) atoms. The van der Waals surface area contributed by atoms with E-state index in [0.29, 0.717) is 5.92 Å². The normalized spacial score (nSPS) is 16.0. The van der Waals surface area contributed by atoms with E-state index in [0.717, 1.165) is 19.6 Å². The van der Waals surface area contributed by atoms with E-state index in [-0.39, 0.29) is 0 Å². The fraction of sp³-hybridized carbons (Fsp3) is 0.333. The Morgan fingerprint density at radius 2 is 2.06 bits per heavy atom. The molecule has 1 saturated heterocycles. The molecule has 0 aliphatic carbocycles. The minimum Gasteiger partial charge on any atom is -0.330 e. The van der Waals surface area contributed by atoms with Gasteiger partial charge in [-0.2, -0.15) is 0 Å². The average molecular weight is 214 g/mol. The summed E-state index contributed by atoms with van der Waals surface area (Å²) in [5.41, 5.74) is 2.59. The molecule has 0 radical (unpaired) electrons. The standard InChI is InChI=1S/C12H14N4/c1-3-13-4-2-10(1)8-16-9-15-7-12(16)11-5-14-6-11/h1-4,7,9,11,14H,5-6,8H2. The molecular formula is C12H14N4. The van der Waals surface area contributed by atoms with Gasteiger partial charge in [-0.3, -0.25) is 4.98 Å². The quantitative estimate of drug-likeness (QED) is 0.829. The largest absolute Gasteiger partial charge is 0.330 e. The van der Waals surface area contributed by atoms with Gasteiger partial charge < -0.3 is 9.88 Å². The van der Waals surface area contributed by atoms with Crippen LogP contribution in [0, 0.1) is 0 Å². The maximum atomic E-state index is 4.24. The van der Waals surface area contributed by atoms with E-state index < -0.39 is 0 Å². The van der Waals surface area contributed by atoms with E-state index in [1.165, 1.54) is 11.3 Å². The second-order valence-electron chi connectivity index (χ2n) is 4.16. The Kier molecular flexibility index (Phi) is 2.42. The van der Waals surface area contributed by atoms with E-state index in [1.54, 1.807) is 0 Å². The molecule has 0 bridgehead atoms. The molecule has 1 aliphatic rings. The Morgan fingerprint density at radius 3 is 2.75 bits per heavy atom. The van der Waals surface area contributed by atoms with Crippen LogP contribution in [0.3, 0.4) is 0 Å². The van der Waals surface area contributed by atoms with Crippen molar-refractivity contribution in [2.24, 2.45) is 0 Å². The molecule has 4 nitrogen and oxygen atoms in total. The molecule has 2 aromatic rings. The zero-order valence-corrected chi connectivity index (χ0v) is 9.00. The lowest BCUT2D eigenvalue weighted by molar-refractivity contribution is 0.427. The zero-order valence-electron chi connectivity index (χ0n) is 9.00. The predicted octanol–water partition coefficient (Wildman–Crippen LogP) is 1.01. The number of hydrogen-bond acceptors (Lipinski definition) is 3. The van der Waals surface area contributed by atoms with Gasteiger partial charge in [0.25, 0.3) is 0 Å². The fourth-order valence-electron chi connectivity index (χ4n) is 1.99. The van der Waals surface area contributed by atoms with Gasteiger partial charge in [0.15, 0.2) is 0 Å². The van der Waals surface area contributed by atoms with Gasteiger partial charge in [-0.25, -0.2) is 4.98 Å². The minimum absolute atomic E-state index is 0.629. The third-order valence-corrected chi connectivity index (χ3v) is 3.05. The summed E-state index contributed by atoms with van der Waals surface area (Å²) in [7, 11) is 0. The first-order valence-electron chi connectivity index (χ1n) is 5.53. The summed E-state index contributed by atoms with van der Waals surface area (Å²) >= 11 is 0. The number of pyridine rings is 1. The van der Waals surface area contributed by atoms with Gasteiger partial charge in [0.2, 0.25) is 0 Å². The van der Waals surface area contributed by atoms with Crippen LogP contribution in [0.25, 0.3) is 0 Å². The van der Waals surface area contributed by atoms with Gasteiger partial charge in [-0.15, -0.1) is 0 Å². The first-order chi connectivity index (χ1) is 7.93. The number of rotatable bonds is 3. The van der Waals surface area contributed by atoms with Crippen molar-refractivity contribution in [2.45, 2.75) is 12.5 Å². The third kappa shape index (κ3) is 1.72. The van der Waals surface area contributed by atoms with E-state index >= 15 is 0 Å². The lowest BCUT2D eigenvalue weighted by atomic mass is 10.00. The van der Waals surface area contributed by atoms with Gasteiger partial charge in [0.1, 0.15) is 0 Å². The number of imidazole rings is 1. The average Bonchev–Trinajstić information content (AvgIpc) is 2.66. The topological polar surface area (TPSA) is 42.7 Å². The monoisotopic (exact) mass is 214 g/mol. The highest BCUT2D eigenvalue weighted by Gasteiger charge is 2.22. The van der Waals surface area contributed by atoms with Crippen molar-refractivity contribution >= 4 is 0 Å². The molecule has 0 amide bonds. The Balaban J connectivity index is 1.82. The van der Waals surface area contributed by atoms with Gasteiger partial charge in [0.05, 0.1) is 6.33 Å². The SMILES string of the molecule is c1cc(Cn2cncc2C2CNC2)ccn1. The molecule has 2 aromatic heterocycles. The van der Waals surface area contributed by atoms with Gasteiger partial charge >= 0.3 is 0 Å². The van der Waals surface area contributed by atoms with E-state index in [9.17, 15) is 0 Å². The summed E-state index contributed by atoms with van der Waals surface area (Å²) in [6.45, 7) is 3.03. The molecule has 0 aromatic carbocycles. The summed E-state index contributed by atoms with van der Waals surface area (Å²) in [4.78, 5) is 8.27. The number of nitrogens with one attached hydrogen (secondary N) is 1. The van der Waals surface area contributed by atoms with Crippen LogP contribution in [0.2, 0.25) is 0 Å². The van der Waals surface area contributed by atoms with Crippen molar-refractivity contribution < 1.29 is 0 Å². The Morgan fingerprint density at radius 1 is 1.25 bits per heavy atom. The molecule has 82 valence electrons. The zero-order chi connectivity index (χ0) is 10.8. The predicted molar refractivity (Wildman–Crippen MR) is 61.2 cm³/mol. The first kappa shape index (κ1) is 9.54. The summed E-state index contributed by atoms with van der Waals surface area (Å²) < 4.78 is 2.22. The summed E-state index contributed by atoms with van der Waals surface area (Å²) in [6.07, 6.45) is 7.55. The summed E-state index contributed by atoms with van der Waals surface area (Å²) in [6, 6.07) is 4.09. The van der Waals surface area contributed by atoms with Crippen LogP contribution in [0.1, 0.15) is 17.2 Å². The molecule has 3 rings (SSSR count). The Labute approximate surface area is 94.4 Å². The van der Waals surface area contributed by atoms with Crippen LogP contribution < -0.4 is 5.32 Å². The fourth-order valence-corrected chi connectivity index (χ4v) is 1.99. The Bertz CT molecular complexity index is 459. The van der Waals surface area contributed by atoms with Crippen molar-refractivity contribution in [1.82, 2.24) is 19.9 Å². The summed E-state index contributed by atoms with van der Waals surface area (Å²) in [5, 5.41) is 3.29. The first-order valence-corrected chi connectivity index (χ1v) is 5.53. The van der Waals surface area contributed by atoms with Crippen LogP contribution in [0.15, 0.2) is 37.1 Å². The van der Waals surface area contributed by atoms with Crippen molar-refractivity contribution in [3.8, 4) is 0 Å². The van der Waals surface area contributed by atoms with Crippen molar-refractivity contribution in [1.29, 1.82) is 0 Å². The highest BCUT2D eigenvalue weighted by molar-refractivity contribution is 5.16. The van der Waals surface area contributed by atoms with Crippen molar-refractivity contribution in [2.75, 3.05) is 13.1 Å². The van der Waals surface area contributed by atoms with Crippen LogP contribution >= 0.6 is 0 Å². The van der Waals surface area contributed by atoms with Gasteiger partial charge in [0, 0.05) is 49.8 Å². The molecule has 0 spiro atoms. The molecular weight excluding hydrogens is 200 g/mol. The van der Waals surface area contributed by atoms with E-state index in [2.05, 4.69) is 19.9 Å². The van der Waals surface area contributed by atoms with Crippen LogP contribution in [0.5, 0.6) is 0 Å². The van der Waals surface area contributed by atoms with Crippen LogP contribution in [-0.2, 0) is 6.54 Å². The molecule has 1 aliphatic heterocycles. The summed E-state index contributed by atoms with van der Waals surface area (Å²) in [5.74, 6) is 0.629. The second kappa shape index (κ2) is 4.06. The minimum atomic E-state index is 0.629. The van der Waals surface area contributed by atoms with Gasteiger partial charge in [-0.05, 0) is 17.7 Å². The Hall–Kier alpha value is -1.68. The molecule has 0 unspecified atom stereocenters. The smallest absolute Gasteiger partial charge is 0.0951 e. The molecule has 1 fully saturated rings. The van der Waals surface area contributed by atoms with Gasteiger partial charge in [-0.1, -0.05) is 0 Å². The maximum absolute atomic E-state index is 4.24. The molecule has 0 saturated carbocycles. The van der Waals surface area contributed by atoms with Crippen molar-refractivity contribution in [3.63, 3.8) is 0 Å². The second-order valence-corrected chi connectivity index (χ2v) is 4.16.